The van der Waals surface area contributed by atoms with Crippen LogP contribution >= 0.6 is 0 Å². The first-order chi connectivity index (χ1) is 8.43. The topological polar surface area (TPSA) is 15.3 Å². The highest BCUT2D eigenvalue weighted by Crippen LogP contribution is 2.33. The van der Waals surface area contributed by atoms with E-state index in [-0.39, 0.29) is 0 Å². The van der Waals surface area contributed by atoms with E-state index in [1.165, 1.54) is 77.3 Å². The molecule has 1 N–H and O–H groups in total. The zero-order valence-electron chi connectivity index (χ0n) is 11.2. The van der Waals surface area contributed by atoms with E-state index < -0.39 is 0 Å². The summed E-state index contributed by atoms with van der Waals surface area (Å²) >= 11 is 0. The summed E-state index contributed by atoms with van der Waals surface area (Å²) in [6.07, 6.45) is 14.6. The van der Waals surface area contributed by atoms with Crippen molar-refractivity contribution < 1.29 is 0 Å². The van der Waals surface area contributed by atoms with Crippen molar-refractivity contribution in [1.82, 2.24) is 10.2 Å². The minimum atomic E-state index is 0.804. The maximum Gasteiger partial charge on any atom is 0.0195 e. The Morgan fingerprint density at radius 2 is 1.47 bits per heavy atom. The molecule has 1 unspecified atom stereocenters. The minimum Gasteiger partial charge on any atom is -0.313 e. The number of nitrogens with zero attached hydrogens (tertiary/aromatic N) is 1. The van der Waals surface area contributed by atoms with Crippen LogP contribution in [0.5, 0.6) is 0 Å². The highest BCUT2D eigenvalue weighted by atomic mass is 15.2. The Balaban J connectivity index is 1.57. The standard InChI is InChI=1S/C15H28N2/c1-2-4-8-14(7-3-1)17(15-9-10-15)12-13-6-5-11-16-13/h13-16H,1-12H2. The van der Waals surface area contributed by atoms with Gasteiger partial charge in [-0.1, -0.05) is 25.7 Å². The summed E-state index contributed by atoms with van der Waals surface area (Å²) in [4.78, 5) is 2.90. The minimum absolute atomic E-state index is 0.804. The second-order valence-corrected chi connectivity index (χ2v) is 6.37. The summed E-state index contributed by atoms with van der Waals surface area (Å²) in [5.41, 5.74) is 0. The Labute approximate surface area is 106 Å². The van der Waals surface area contributed by atoms with E-state index in [9.17, 15) is 0 Å². The third-order valence-corrected chi connectivity index (χ3v) is 4.90. The molecule has 0 aromatic heterocycles. The van der Waals surface area contributed by atoms with Crippen molar-refractivity contribution in [3.8, 4) is 0 Å². The van der Waals surface area contributed by atoms with Gasteiger partial charge in [-0.05, 0) is 45.1 Å². The van der Waals surface area contributed by atoms with Crippen molar-refractivity contribution in [2.75, 3.05) is 13.1 Å². The van der Waals surface area contributed by atoms with Gasteiger partial charge in [0.1, 0.15) is 0 Å². The van der Waals surface area contributed by atoms with Gasteiger partial charge in [0.05, 0.1) is 0 Å². The van der Waals surface area contributed by atoms with E-state index in [4.69, 9.17) is 0 Å². The van der Waals surface area contributed by atoms with Gasteiger partial charge < -0.3 is 5.32 Å². The zero-order chi connectivity index (χ0) is 11.5. The van der Waals surface area contributed by atoms with Gasteiger partial charge in [0.15, 0.2) is 0 Å². The van der Waals surface area contributed by atoms with Gasteiger partial charge in [-0.3, -0.25) is 4.90 Å². The molecule has 3 aliphatic rings. The fourth-order valence-corrected chi connectivity index (χ4v) is 3.76. The maximum absolute atomic E-state index is 3.68. The monoisotopic (exact) mass is 236 g/mol. The van der Waals surface area contributed by atoms with E-state index in [1.807, 2.05) is 0 Å². The molecular weight excluding hydrogens is 208 g/mol. The van der Waals surface area contributed by atoms with Gasteiger partial charge in [-0.15, -0.1) is 0 Å². The third-order valence-electron chi connectivity index (χ3n) is 4.90. The van der Waals surface area contributed by atoms with Crippen LogP contribution in [0.25, 0.3) is 0 Å². The molecule has 0 amide bonds. The van der Waals surface area contributed by atoms with Crippen LogP contribution in [0, 0.1) is 0 Å². The van der Waals surface area contributed by atoms with Crippen LogP contribution in [0.2, 0.25) is 0 Å². The van der Waals surface area contributed by atoms with Gasteiger partial charge in [-0.25, -0.2) is 0 Å². The van der Waals surface area contributed by atoms with Gasteiger partial charge in [-0.2, -0.15) is 0 Å². The molecule has 0 aromatic carbocycles. The first kappa shape index (κ1) is 12.0. The fraction of sp³-hybridized carbons (Fsp3) is 1.00. The Morgan fingerprint density at radius 1 is 0.765 bits per heavy atom. The zero-order valence-corrected chi connectivity index (χ0v) is 11.2. The van der Waals surface area contributed by atoms with E-state index in [0.29, 0.717) is 0 Å². The summed E-state index contributed by atoms with van der Waals surface area (Å²) in [6.45, 7) is 2.60. The molecule has 17 heavy (non-hydrogen) atoms. The molecule has 2 nitrogen and oxygen atoms in total. The molecule has 98 valence electrons. The molecule has 0 radical (unpaired) electrons. The summed E-state index contributed by atoms with van der Waals surface area (Å²) in [7, 11) is 0. The molecule has 3 rings (SSSR count). The number of hydrogen-bond donors (Lipinski definition) is 1. The van der Waals surface area contributed by atoms with Crippen molar-refractivity contribution >= 4 is 0 Å². The summed E-state index contributed by atoms with van der Waals surface area (Å²) < 4.78 is 0. The summed E-state index contributed by atoms with van der Waals surface area (Å²) in [5.74, 6) is 0. The van der Waals surface area contributed by atoms with Crippen LogP contribution in [0.3, 0.4) is 0 Å². The van der Waals surface area contributed by atoms with Gasteiger partial charge in [0.25, 0.3) is 0 Å². The molecule has 0 aromatic rings. The average molecular weight is 236 g/mol. The molecule has 1 heterocycles. The fourth-order valence-electron chi connectivity index (χ4n) is 3.76. The molecule has 2 saturated carbocycles. The van der Waals surface area contributed by atoms with Gasteiger partial charge in [0.2, 0.25) is 0 Å². The quantitative estimate of drug-likeness (QED) is 0.755. The lowest BCUT2D eigenvalue weighted by atomic mass is 10.1. The van der Waals surface area contributed by atoms with Crippen LogP contribution in [0.1, 0.15) is 64.2 Å². The van der Waals surface area contributed by atoms with Gasteiger partial charge >= 0.3 is 0 Å². The van der Waals surface area contributed by atoms with Crippen molar-refractivity contribution in [3.63, 3.8) is 0 Å². The summed E-state index contributed by atoms with van der Waals surface area (Å²) in [5, 5.41) is 3.68. The summed E-state index contributed by atoms with van der Waals surface area (Å²) in [6, 6.07) is 2.69. The van der Waals surface area contributed by atoms with Crippen LogP contribution < -0.4 is 5.32 Å². The Kier molecular flexibility index (Phi) is 4.02. The average Bonchev–Trinajstić information content (AvgIpc) is 3.11. The number of rotatable bonds is 4. The molecule has 1 saturated heterocycles. The Hall–Kier alpha value is -0.0800. The lowest BCUT2D eigenvalue weighted by Crippen LogP contribution is -2.44. The second-order valence-electron chi connectivity index (χ2n) is 6.37. The largest absolute Gasteiger partial charge is 0.313 e. The number of hydrogen-bond acceptors (Lipinski definition) is 2. The van der Waals surface area contributed by atoms with Crippen molar-refractivity contribution in [3.05, 3.63) is 0 Å². The van der Waals surface area contributed by atoms with Crippen molar-refractivity contribution in [1.29, 1.82) is 0 Å². The molecule has 3 fully saturated rings. The first-order valence-corrected chi connectivity index (χ1v) is 7.92. The predicted octanol–water partition coefficient (Wildman–Crippen LogP) is 2.93. The van der Waals surface area contributed by atoms with Crippen molar-refractivity contribution in [2.45, 2.75) is 82.3 Å². The lowest BCUT2D eigenvalue weighted by molar-refractivity contribution is 0.155. The maximum atomic E-state index is 3.68. The van der Waals surface area contributed by atoms with Crippen LogP contribution in [-0.4, -0.2) is 36.1 Å². The Morgan fingerprint density at radius 3 is 2.06 bits per heavy atom. The molecule has 1 atom stereocenters. The van der Waals surface area contributed by atoms with Crippen LogP contribution in [-0.2, 0) is 0 Å². The normalized spacial score (nSPS) is 31.9. The molecule has 2 heteroatoms. The van der Waals surface area contributed by atoms with E-state index in [0.717, 1.165) is 18.1 Å². The van der Waals surface area contributed by atoms with E-state index in [2.05, 4.69) is 10.2 Å². The second kappa shape index (κ2) is 5.71. The predicted molar refractivity (Wildman–Crippen MR) is 72.2 cm³/mol. The van der Waals surface area contributed by atoms with E-state index in [1.54, 1.807) is 0 Å². The number of nitrogens with one attached hydrogen (secondary N) is 1. The lowest BCUT2D eigenvalue weighted by Gasteiger charge is -2.33. The van der Waals surface area contributed by atoms with Crippen LogP contribution in [0.4, 0.5) is 0 Å². The molecule has 0 spiro atoms. The van der Waals surface area contributed by atoms with Gasteiger partial charge in [0, 0.05) is 24.7 Å². The third kappa shape index (κ3) is 3.23. The first-order valence-electron chi connectivity index (χ1n) is 7.92. The Bertz CT molecular complexity index is 223. The van der Waals surface area contributed by atoms with Crippen molar-refractivity contribution in [2.24, 2.45) is 0 Å². The highest BCUT2D eigenvalue weighted by Gasteiger charge is 2.35. The smallest absolute Gasteiger partial charge is 0.0195 e. The van der Waals surface area contributed by atoms with Crippen LogP contribution in [0.15, 0.2) is 0 Å². The SMILES string of the molecule is C1CCCC(N(CC2CCCN2)C2CC2)CC1. The molecule has 1 aliphatic heterocycles. The molecular formula is C15H28N2. The highest BCUT2D eigenvalue weighted by molar-refractivity contribution is 4.92. The molecule has 2 aliphatic carbocycles. The van der Waals surface area contributed by atoms with E-state index >= 15 is 0 Å². The molecule has 0 bridgehead atoms.